The van der Waals surface area contributed by atoms with Gasteiger partial charge in [0.05, 0.1) is 73.4 Å². The molecule has 16 N–H and O–H groups in total. The Bertz CT molecular complexity index is 1680. The summed E-state index contributed by atoms with van der Waals surface area (Å²) < 4.78 is 23.1. The van der Waals surface area contributed by atoms with Crippen LogP contribution in [0.25, 0.3) is 0 Å². The molecule has 2 saturated heterocycles. The fraction of sp³-hybridized carbons (Fsp3) is 0.652. The van der Waals surface area contributed by atoms with Crippen molar-refractivity contribution in [3.63, 3.8) is 0 Å². The van der Waals surface area contributed by atoms with Crippen LogP contribution in [0.4, 0.5) is 4.79 Å². The monoisotopic (exact) mass is 939 g/mol. The number of carbonyl (C=O) groups excluding carboxylic acids is 2. The molecule has 3 rings (SSSR count). The predicted molar refractivity (Wildman–Crippen MR) is 241 cm³/mol. The first kappa shape index (κ1) is 56.6. The summed E-state index contributed by atoms with van der Waals surface area (Å²) in [4.78, 5) is 25.0. The summed E-state index contributed by atoms with van der Waals surface area (Å²) in [5.41, 5.74) is 11.9. The molecule has 20 heteroatoms. The molecule has 0 aromatic heterocycles. The zero-order chi connectivity index (χ0) is 49.0. The van der Waals surface area contributed by atoms with Gasteiger partial charge in [0.25, 0.3) is 0 Å². The van der Waals surface area contributed by atoms with E-state index in [1.165, 1.54) is 7.05 Å². The molecule has 0 aromatic carbocycles. The SMILES string of the molecule is CNC(=O)NC1[C@@H]2CC(O[C@H]3OC(N)C(O)C(N)C3O)/C=C/C=C/C=C/C=C/C=C/C=C/C=C/[C@H](C)C(O)C[C@H](C)OC(=O)CC(O)CC(O)CCC(O)C(O)CC(O)CC(O)(C[C@@H]1O)O2. The predicted octanol–water partition coefficient (Wildman–Crippen LogP) is -1.04. The lowest BCUT2D eigenvalue weighted by Gasteiger charge is -2.46. The standard InChI is InChI=1S/C46H74N4O16/c1-27-16-14-12-10-8-6-4-5-7-9-11-13-15-17-32(64-44-42(60)39(47)41(59)43(48)65-44)24-37-40(50-45(61)49-3)36(57)26-46(62,66-37)25-31(53)22-35(56)33(54)19-18-29(51)21-30(52)23-38(58)63-28(2)20-34(27)55/h4-17,27-37,39-44,51-57,59-60,62H,18-26,47-48H2,1-3H3,(H2,49,50,61)/b5-4+,8-6+,9-7+,12-10+,13-11+,16-14+,17-15+/t27-,28-,29?,30?,31?,32?,33?,34?,35?,36-,37-,39?,40?,41?,42?,43?,44-,46?/m0/s1. The number of fused-ring (bicyclic) bond motifs is 2. The maximum Gasteiger partial charge on any atom is 0.314 e. The molecule has 2 fully saturated rings. The van der Waals surface area contributed by atoms with Gasteiger partial charge in [0.1, 0.15) is 24.5 Å². The average Bonchev–Trinajstić information content (AvgIpc) is 3.23. The van der Waals surface area contributed by atoms with Crippen molar-refractivity contribution in [3.8, 4) is 0 Å². The minimum Gasteiger partial charge on any atom is -0.462 e. The Balaban J connectivity index is 1.88. The first-order valence-electron chi connectivity index (χ1n) is 22.4. The van der Waals surface area contributed by atoms with Gasteiger partial charge in [-0.25, -0.2) is 4.79 Å². The van der Waals surface area contributed by atoms with Crippen molar-refractivity contribution >= 4 is 12.0 Å². The van der Waals surface area contributed by atoms with Crippen molar-refractivity contribution < 1.29 is 79.6 Å². The lowest BCUT2D eigenvalue weighted by molar-refractivity contribution is -0.303. The fourth-order valence-corrected chi connectivity index (χ4v) is 7.68. The van der Waals surface area contributed by atoms with E-state index < -0.39 is 141 Å². The topological polar surface area (TPSA) is 349 Å². The average molecular weight is 939 g/mol. The summed E-state index contributed by atoms with van der Waals surface area (Å²) in [7, 11) is 1.36. The molecule has 0 aromatic rings. The molecular weight excluding hydrogens is 865 g/mol. The molecule has 2 amide bonds. The third-order valence-electron chi connectivity index (χ3n) is 11.4. The van der Waals surface area contributed by atoms with Crippen LogP contribution in [0.1, 0.15) is 71.6 Å². The van der Waals surface area contributed by atoms with Crippen molar-refractivity contribution in [3.05, 3.63) is 85.1 Å². The zero-order valence-corrected chi connectivity index (χ0v) is 37.8. The van der Waals surface area contributed by atoms with Gasteiger partial charge < -0.3 is 92.1 Å². The van der Waals surface area contributed by atoms with E-state index >= 15 is 0 Å². The summed E-state index contributed by atoms with van der Waals surface area (Å²) in [5.74, 6) is -3.23. The number of aliphatic hydroxyl groups excluding tert-OH is 9. The molecule has 18 atom stereocenters. The molecular formula is C46H74N4O16. The summed E-state index contributed by atoms with van der Waals surface area (Å²) in [6, 6.07) is -3.09. The smallest absolute Gasteiger partial charge is 0.314 e. The zero-order valence-electron chi connectivity index (χ0n) is 37.8. The van der Waals surface area contributed by atoms with Crippen molar-refractivity contribution in [2.75, 3.05) is 7.05 Å². The first-order valence-corrected chi connectivity index (χ1v) is 22.4. The fourth-order valence-electron chi connectivity index (χ4n) is 7.68. The quantitative estimate of drug-likeness (QED) is 0.150. The molecule has 3 aliphatic rings. The number of hydrogen-bond donors (Lipinski definition) is 14. The number of nitrogens with one attached hydrogen (secondary N) is 2. The molecule has 2 bridgehead atoms. The number of hydrogen-bond acceptors (Lipinski definition) is 18. The number of allylic oxidation sites excluding steroid dienone is 12. The molecule has 374 valence electrons. The van der Waals surface area contributed by atoms with Crippen LogP contribution >= 0.6 is 0 Å². The third kappa shape index (κ3) is 19.9. The number of urea groups is 1. The van der Waals surface area contributed by atoms with Crippen LogP contribution in [0.15, 0.2) is 85.1 Å². The molecule has 0 saturated carbocycles. The van der Waals surface area contributed by atoms with Crippen LogP contribution in [0.3, 0.4) is 0 Å². The van der Waals surface area contributed by atoms with E-state index in [1.807, 2.05) is 25.2 Å². The van der Waals surface area contributed by atoms with E-state index in [0.29, 0.717) is 0 Å². The van der Waals surface area contributed by atoms with Crippen LogP contribution in [0, 0.1) is 5.92 Å². The third-order valence-corrected chi connectivity index (χ3v) is 11.4. The van der Waals surface area contributed by atoms with E-state index in [9.17, 15) is 60.7 Å². The van der Waals surface area contributed by atoms with Crippen molar-refractivity contribution in [2.45, 2.75) is 175 Å². The minimum absolute atomic E-state index is 0.0941. The molecule has 20 nitrogen and oxygen atoms in total. The number of amides is 2. The molecule has 0 aliphatic carbocycles. The van der Waals surface area contributed by atoms with E-state index in [4.69, 9.17) is 30.4 Å². The number of rotatable bonds is 3. The first-order chi connectivity index (χ1) is 31.2. The maximum atomic E-state index is 12.5. The van der Waals surface area contributed by atoms with Crippen molar-refractivity contribution in [1.82, 2.24) is 10.6 Å². The van der Waals surface area contributed by atoms with Crippen LogP contribution in [-0.4, -0.2) is 174 Å². The number of esters is 1. The Morgan fingerprint density at radius 2 is 1.29 bits per heavy atom. The molecule has 3 heterocycles. The van der Waals surface area contributed by atoms with Crippen LogP contribution in [-0.2, 0) is 23.7 Å². The maximum absolute atomic E-state index is 12.5. The van der Waals surface area contributed by atoms with Crippen molar-refractivity contribution in [1.29, 1.82) is 0 Å². The van der Waals surface area contributed by atoms with Gasteiger partial charge in [0.15, 0.2) is 12.1 Å². The van der Waals surface area contributed by atoms with Gasteiger partial charge in [-0.1, -0.05) is 92.0 Å². The largest absolute Gasteiger partial charge is 0.462 e. The summed E-state index contributed by atoms with van der Waals surface area (Å²) in [6.07, 6.45) is 3.99. The van der Waals surface area contributed by atoms with Gasteiger partial charge in [-0.3, -0.25) is 4.79 Å². The molecule has 3 aliphatic heterocycles. The Labute approximate surface area is 386 Å². The second-order valence-corrected chi connectivity index (χ2v) is 17.3. The Morgan fingerprint density at radius 3 is 1.89 bits per heavy atom. The Morgan fingerprint density at radius 1 is 0.697 bits per heavy atom. The number of cyclic esters (lactones) is 1. The highest BCUT2D eigenvalue weighted by molar-refractivity contribution is 5.74. The highest BCUT2D eigenvalue weighted by Crippen LogP contribution is 2.35. The lowest BCUT2D eigenvalue weighted by atomic mass is 9.87. The van der Waals surface area contributed by atoms with Gasteiger partial charge in [-0.2, -0.15) is 0 Å². The van der Waals surface area contributed by atoms with E-state index in [0.717, 1.165) is 0 Å². The van der Waals surface area contributed by atoms with Crippen LogP contribution in [0.5, 0.6) is 0 Å². The normalized spacial score (nSPS) is 43.7. The second-order valence-electron chi connectivity index (χ2n) is 17.3. The summed E-state index contributed by atoms with van der Waals surface area (Å²) >= 11 is 0. The van der Waals surface area contributed by atoms with E-state index in [-0.39, 0.29) is 38.0 Å². The summed E-state index contributed by atoms with van der Waals surface area (Å²) in [5, 5.41) is 113. The van der Waals surface area contributed by atoms with Gasteiger partial charge in [0, 0.05) is 45.1 Å². The van der Waals surface area contributed by atoms with Gasteiger partial charge >= 0.3 is 12.0 Å². The number of ether oxygens (including phenoxy) is 4. The minimum atomic E-state index is -2.25. The molecule has 0 spiro atoms. The number of aliphatic hydroxyl groups is 10. The molecule has 0 radical (unpaired) electrons. The number of carbonyl (C=O) groups is 2. The van der Waals surface area contributed by atoms with Crippen LogP contribution in [0.2, 0.25) is 0 Å². The number of nitrogens with two attached hydrogens (primary N) is 2. The highest BCUT2D eigenvalue weighted by atomic mass is 16.7. The van der Waals surface area contributed by atoms with Gasteiger partial charge in [-0.15, -0.1) is 0 Å². The van der Waals surface area contributed by atoms with Gasteiger partial charge in [-0.05, 0) is 26.2 Å². The summed E-state index contributed by atoms with van der Waals surface area (Å²) in [6.45, 7) is 3.45. The van der Waals surface area contributed by atoms with E-state index in [2.05, 4.69) is 10.6 Å². The van der Waals surface area contributed by atoms with E-state index in [1.54, 1.807) is 73.8 Å². The molecule has 13 unspecified atom stereocenters. The van der Waals surface area contributed by atoms with Gasteiger partial charge in [0.2, 0.25) is 0 Å². The highest BCUT2D eigenvalue weighted by Gasteiger charge is 2.49. The van der Waals surface area contributed by atoms with Crippen molar-refractivity contribution in [2.24, 2.45) is 17.4 Å². The Kier molecular flexibility index (Phi) is 24.5. The molecule has 66 heavy (non-hydrogen) atoms. The lowest BCUT2D eigenvalue weighted by Crippen LogP contribution is -2.65. The second kappa shape index (κ2) is 28.6. The Hall–Kier alpha value is -3.68. The van der Waals surface area contributed by atoms with Crippen LogP contribution < -0.4 is 22.1 Å².